The summed E-state index contributed by atoms with van der Waals surface area (Å²) < 4.78 is 10.6. The molecule has 3 rings (SSSR count). The van der Waals surface area contributed by atoms with Crippen LogP contribution in [-0.2, 0) is 17.6 Å². The number of carbonyl (C=O) groups excluding carboxylic acids is 1. The highest BCUT2D eigenvalue weighted by Gasteiger charge is 2.14. The van der Waals surface area contributed by atoms with Gasteiger partial charge in [0.25, 0.3) is 0 Å². The van der Waals surface area contributed by atoms with Gasteiger partial charge in [-0.1, -0.05) is 0 Å². The molecule has 6 nitrogen and oxygen atoms in total. The van der Waals surface area contributed by atoms with E-state index in [9.17, 15) is 14.7 Å². The Balaban J connectivity index is 1.60. The molecule has 3 aromatic rings. The van der Waals surface area contributed by atoms with Crippen LogP contribution in [0.1, 0.15) is 36.7 Å². The van der Waals surface area contributed by atoms with Gasteiger partial charge in [0.2, 0.25) is 5.91 Å². The Labute approximate surface area is 156 Å². The minimum absolute atomic E-state index is 0.0136. The van der Waals surface area contributed by atoms with Gasteiger partial charge >= 0.3 is 5.63 Å². The van der Waals surface area contributed by atoms with E-state index in [1.165, 1.54) is 6.07 Å². The maximum atomic E-state index is 12.2. The zero-order valence-corrected chi connectivity index (χ0v) is 15.5. The van der Waals surface area contributed by atoms with Crippen molar-refractivity contribution in [2.24, 2.45) is 0 Å². The van der Waals surface area contributed by atoms with E-state index in [0.717, 1.165) is 29.6 Å². The van der Waals surface area contributed by atoms with Crippen LogP contribution in [0.2, 0.25) is 0 Å². The van der Waals surface area contributed by atoms with Gasteiger partial charge in [0.1, 0.15) is 17.1 Å². The molecule has 2 heterocycles. The summed E-state index contributed by atoms with van der Waals surface area (Å²) in [6.07, 6.45) is 3.69. The maximum absolute atomic E-state index is 12.2. The number of amides is 1. The Hall–Kier alpha value is -3.02. The predicted molar refractivity (Wildman–Crippen MR) is 102 cm³/mol. The van der Waals surface area contributed by atoms with Crippen molar-refractivity contribution in [3.8, 4) is 5.75 Å². The first-order valence-electron chi connectivity index (χ1n) is 9.01. The summed E-state index contributed by atoms with van der Waals surface area (Å²) in [5.41, 5.74) is 1.15. The molecule has 0 saturated heterocycles. The summed E-state index contributed by atoms with van der Waals surface area (Å²) in [6, 6.07) is 8.45. The largest absolute Gasteiger partial charge is 0.508 e. The van der Waals surface area contributed by atoms with Crippen LogP contribution in [0.15, 0.2) is 50.2 Å². The summed E-state index contributed by atoms with van der Waals surface area (Å²) in [5.74, 6) is 0.832. The molecule has 0 bridgehead atoms. The van der Waals surface area contributed by atoms with E-state index in [1.807, 2.05) is 26.0 Å². The second-order valence-electron chi connectivity index (χ2n) is 6.76. The molecule has 0 aliphatic rings. The molecular weight excluding hydrogens is 346 g/mol. The monoisotopic (exact) mass is 369 g/mol. The Morgan fingerprint density at radius 2 is 2.07 bits per heavy atom. The van der Waals surface area contributed by atoms with Crippen LogP contribution in [0.3, 0.4) is 0 Å². The summed E-state index contributed by atoms with van der Waals surface area (Å²) in [5, 5.41) is 13.2. The molecule has 1 unspecified atom stereocenters. The number of aryl methyl sites for hydroxylation is 2. The molecule has 0 aliphatic heterocycles. The minimum Gasteiger partial charge on any atom is -0.508 e. The van der Waals surface area contributed by atoms with Crippen molar-refractivity contribution in [2.75, 3.05) is 0 Å². The van der Waals surface area contributed by atoms with Crippen LogP contribution < -0.4 is 10.9 Å². The second-order valence-corrected chi connectivity index (χ2v) is 6.76. The minimum atomic E-state index is -0.468. The average molecular weight is 369 g/mol. The third-order valence-electron chi connectivity index (χ3n) is 4.68. The molecule has 0 spiro atoms. The molecule has 0 fully saturated rings. The van der Waals surface area contributed by atoms with Crippen molar-refractivity contribution < 1.29 is 18.7 Å². The van der Waals surface area contributed by atoms with E-state index in [0.29, 0.717) is 17.6 Å². The van der Waals surface area contributed by atoms with Crippen LogP contribution in [0, 0.1) is 6.92 Å². The predicted octanol–water partition coefficient (Wildman–Crippen LogP) is 3.47. The Bertz CT molecular complexity index is 988. The highest BCUT2D eigenvalue weighted by Crippen LogP contribution is 2.23. The van der Waals surface area contributed by atoms with Crippen LogP contribution >= 0.6 is 0 Å². The first-order chi connectivity index (χ1) is 12.9. The molecule has 1 aromatic carbocycles. The lowest BCUT2D eigenvalue weighted by molar-refractivity contribution is -0.121. The Morgan fingerprint density at radius 3 is 2.81 bits per heavy atom. The number of hydrogen-bond donors (Lipinski definition) is 2. The van der Waals surface area contributed by atoms with E-state index in [1.54, 1.807) is 18.4 Å². The lowest BCUT2D eigenvalue weighted by Crippen LogP contribution is -2.33. The first kappa shape index (κ1) is 18.8. The van der Waals surface area contributed by atoms with E-state index in [2.05, 4.69) is 5.32 Å². The van der Waals surface area contributed by atoms with Crippen molar-refractivity contribution in [3.05, 3.63) is 63.9 Å². The summed E-state index contributed by atoms with van der Waals surface area (Å²) in [6.45, 7) is 3.78. The molecule has 27 heavy (non-hydrogen) atoms. The molecule has 1 amide bonds. The van der Waals surface area contributed by atoms with Crippen molar-refractivity contribution >= 4 is 16.9 Å². The van der Waals surface area contributed by atoms with E-state index in [-0.39, 0.29) is 24.1 Å². The van der Waals surface area contributed by atoms with Crippen molar-refractivity contribution in [2.45, 2.75) is 45.6 Å². The van der Waals surface area contributed by atoms with Gasteiger partial charge in [0.05, 0.1) is 6.26 Å². The van der Waals surface area contributed by atoms with E-state index in [4.69, 9.17) is 8.83 Å². The summed E-state index contributed by atoms with van der Waals surface area (Å²) in [7, 11) is 0. The van der Waals surface area contributed by atoms with Gasteiger partial charge in [-0.2, -0.15) is 0 Å². The van der Waals surface area contributed by atoms with Gasteiger partial charge in [-0.3, -0.25) is 4.79 Å². The standard InChI is InChI=1S/C21H23NO5/c1-13(5-7-16-4-3-11-26-16)22-20(24)10-9-18-14(2)17-8-6-15(23)12-19(17)27-21(18)25/h3-4,6,8,11-13,23H,5,7,9-10H2,1-2H3,(H,22,24). The quantitative estimate of drug-likeness (QED) is 0.622. The normalized spacial score (nSPS) is 12.2. The number of benzene rings is 1. The van der Waals surface area contributed by atoms with E-state index >= 15 is 0 Å². The molecule has 6 heteroatoms. The molecule has 0 saturated carbocycles. The lowest BCUT2D eigenvalue weighted by Gasteiger charge is -2.13. The third kappa shape index (κ3) is 4.58. The fourth-order valence-electron chi connectivity index (χ4n) is 3.14. The van der Waals surface area contributed by atoms with Gasteiger partial charge in [-0.15, -0.1) is 0 Å². The molecule has 142 valence electrons. The van der Waals surface area contributed by atoms with Crippen LogP contribution in [-0.4, -0.2) is 17.1 Å². The smallest absolute Gasteiger partial charge is 0.339 e. The fourth-order valence-corrected chi connectivity index (χ4v) is 3.14. The van der Waals surface area contributed by atoms with Crippen molar-refractivity contribution in [1.29, 1.82) is 0 Å². The number of hydrogen-bond acceptors (Lipinski definition) is 5. The van der Waals surface area contributed by atoms with Crippen LogP contribution in [0.4, 0.5) is 0 Å². The fraction of sp³-hybridized carbons (Fsp3) is 0.333. The number of furan rings is 1. The van der Waals surface area contributed by atoms with Gasteiger partial charge in [-0.25, -0.2) is 4.79 Å². The summed E-state index contributed by atoms with van der Waals surface area (Å²) in [4.78, 5) is 24.5. The number of fused-ring (bicyclic) bond motifs is 1. The number of carbonyl (C=O) groups is 1. The van der Waals surface area contributed by atoms with Crippen molar-refractivity contribution in [1.82, 2.24) is 5.32 Å². The lowest BCUT2D eigenvalue weighted by atomic mass is 10.0. The van der Waals surface area contributed by atoms with Crippen LogP contribution in [0.5, 0.6) is 5.75 Å². The topological polar surface area (TPSA) is 92.7 Å². The zero-order valence-electron chi connectivity index (χ0n) is 15.5. The van der Waals surface area contributed by atoms with Gasteiger partial charge in [0, 0.05) is 35.9 Å². The van der Waals surface area contributed by atoms with Gasteiger partial charge in [-0.05, 0) is 56.5 Å². The Kier molecular flexibility index (Phi) is 5.64. The number of rotatable bonds is 7. The third-order valence-corrected chi connectivity index (χ3v) is 4.68. The first-order valence-corrected chi connectivity index (χ1v) is 9.01. The van der Waals surface area contributed by atoms with Gasteiger partial charge in [0.15, 0.2) is 0 Å². The van der Waals surface area contributed by atoms with Crippen molar-refractivity contribution in [3.63, 3.8) is 0 Å². The molecule has 0 aliphatic carbocycles. The van der Waals surface area contributed by atoms with E-state index < -0.39 is 5.63 Å². The van der Waals surface area contributed by atoms with Crippen LogP contribution in [0.25, 0.3) is 11.0 Å². The number of aromatic hydroxyl groups is 1. The molecule has 2 aromatic heterocycles. The summed E-state index contributed by atoms with van der Waals surface area (Å²) >= 11 is 0. The number of phenolic OH excluding ortho intramolecular Hbond substituents is 1. The van der Waals surface area contributed by atoms with Gasteiger partial charge < -0.3 is 19.3 Å². The molecule has 0 radical (unpaired) electrons. The highest BCUT2D eigenvalue weighted by atomic mass is 16.4. The zero-order chi connectivity index (χ0) is 19.4. The molecular formula is C21H23NO5. The number of nitrogens with one attached hydrogen (secondary N) is 1. The second kappa shape index (κ2) is 8.12. The maximum Gasteiger partial charge on any atom is 0.339 e. The average Bonchev–Trinajstić information content (AvgIpc) is 3.13. The Morgan fingerprint density at radius 1 is 1.26 bits per heavy atom. The number of phenols is 1. The SMILES string of the molecule is Cc1c(CCC(=O)NC(C)CCc2ccco2)c(=O)oc2cc(O)ccc12. The molecule has 1 atom stereocenters. The highest BCUT2D eigenvalue weighted by molar-refractivity contribution is 5.82. The molecule has 2 N–H and O–H groups in total.